The molecule has 0 fully saturated rings. The molecule has 44 heavy (non-hydrogen) atoms. The van der Waals surface area contributed by atoms with Crippen molar-refractivity contribution in [3.05, 3.63) is 71.3 Å². The molecule has 0 unspecified atom stereocenters. The second-order valence-corrected chi connectivity index (χ2v) is 14.7. The van der Waals surface area contributed by atoms with Crippen LogP contribution >= 0.6 is 0 Å². The predicted molar refractivity (Wildman–Crippen MR) is 157 cm³/mol. The van der Waals surface area contributed by atoms with Gasteiger partial charge in [0.2, 0.25) is 0 Å². The maximum Gasteiger partial charge on any atom is 0.294 e. The van der Waals surface area contributed by atoms with Crippen molar-refractivity contribution in [1.29, 1.82) is 0 Å². The molecule has 15 nitrogen and oxygen atoms in total. The fraction of sp³-hybridized carbons (Fsp3) is 0.308. The quantitative estimate of drug-likeness (QED) is 0.103. The average Bonchev–Trinajstić information content (AvgIpc) is 2.90. The molecule has 242 valence electrons. The summed E-state index contributed by atoms with van der Waals surface area (Å²) in [6, 6.07) is 9.86. The molecule has 0 saturated carbocycles. The van der Waals surface area contributed by atoms with Gasteiger partial charge in [-0.3, -0.25) is 13.7 Å². The van der Waals surface area contributed by atoms with E-state index >= 15 is 0 Å². The van der Waals surface area contributed by atoms with Crippen LogP contribution in [-0.2, 0) is 50.0 Å². The van der Waals surface area contributed by atoms with E-state index in [2.05, 4.69) is 16.0 Å². The number of rotatable bonds is 15. The van der Waals surface area contributed by atoms with Gasteiger partial charge >= 0.3 is 0 Å². The first-order valence-corrected chi connectivity index (χ1v) is 17.1. The van der Waals surface area contributed by atoms with E-state index in [-0.39, 0.29) is 73.2 Å². The minimum Gasteiger partial charge on any atom is -0.508 e. The summed E-state index contributed by atoms with van der Waals surface area (Å²) in [7, 11) is -13.5. The Bertz CT molecular complexity index is 1620. The van der Waals surface area contributed by atoms with Gasteiger partial charge in [0, 0.05) is 61.4 Å². The maximum atomic E-state index is 11.5. The van der Waals surface area contributed by atoms with Crippen LogP contribution in [-0.4, -0.2) is 73.9 Å². The van der Waals surface area contributed by atoms with Crippen LogP contribution in [0.1, 0.15) is 23.6 Å². The average molecular weight is 676 g/mol. The van der Waals surface area contributed by atoms with Crippen molar-refractivity contribution in [2.24, 2.45) is 5.41 Å². The fourth-order valence-electron chi connectivity index (χ4n) is 4.28. The molecule has 3 rings (SSSR count). The van der Waals surface area contributed by atoms with Crippen LogP contribution in [0.5, 0.6) is 17.2 Å². The molecule has 0 saturated heterocycles. The first-order valence-electron chi connectivity index (χ1n) is 12.8. The van der Waals surface area contributed by atoms with Gasteiger partial charge in [-0.1, -0.05) is 6.92 Å². The Hall–Kier alpha value is -3.33. The number of phenols is 3. The number of nitrogens with one attached hydrogen (secondary N) is 3. The van der Waals surface area contributed by atoms with Crippen molar-refractivity contribution in [1.82, 2.24) is 16.0 Å². The van der Waals surface area contributed by atoms with Crippen molar-refractivity contribution in [3.63, 3.8) is 0 Å². The second-order valence-electron chi connectivity index (χ2n) is 10.4. The minimum absolute atomic E-state index is 0.0147. The highest BCUT2D eigenvalue weighted by molar-refractivity contribution is 7.86. The van der Waals surface area contributed by atoms with Crippen LogP contribution in [0, 0.1) is 5.41 Å². The van der Waals surface area contributed by atoms with Crippen LogP contribution in [0.2, 0.25) is 0 Å². The lowest BCUT2D eigenvalue weighted by molar-refractivity contribution is 0.270. The van der Waals surface area contributed by atoms with E-state index in [9.17, 15) is 54.2 Å². The van der Waals surface area contributed by atoms with Crippen LogP contribution in [0.25, 0.3) is 0 Å². The van der Waals surface area contributed by atoms with E-state index in [1.54, 1.807) is 0 Å². The topological polar surface area (TPSA) is 260 Å². The van der Waals surface area contributed by atoms with Crippen LogP contribution < -0.4 is 16.0 Å². The largest absolute Gasteiger partial charge is 0.508 e. The number of hydrogen-bond acceptors (Lipinski definition) is 12. The third-order valence-corrected chi connectivity index (χ3v) is 9.20. The van der Waals surface area contributed by atoms with E-state index in [1.807, 2.05) is 6.92 Å². The molecular weight excluding hydrogens is 642 g/mol. The highest BCUT2D eigenvalue weighted by Crippen LogP contribution is 2.25. The van der Waals surface area contributed by atoms with E-state index < -0.39 is 50.5 Å². The minimum atomic E-state index is -4.51. The Kier molecular flexibility index (Phi) is 11.0. The maximum absolute atomic E-state index is 11.5. The summed E-state index contributed by atoms with van der Waals surface area (Å²) in [6.45, 7) is 2.39. The Balaban J connectivity index is 1.76. The zero-order valence-electron chi connectivity index (χ0n) is 23.3. The molecule has 0 spiro atoms. The van der Waals surface area contributed by atoms with Gasteiger partial charge in [0.05, 0.1) is 14.7 Å². The normalized spacial score (nSPS) is 12.8. The molecule has 0 bridgehead atoms. The predicted octanol–water partition coefficient (Wildman–Crippen LogP) is 1.22. The van der Waals surface area contributed by atoms with Crippen molar-refractivity contribution < 1.29 is 54.2 Å². The summed E-state index contributed by atoms with van der Waals surface area (Å²) in [6.07, 6.45) is 0. The van der Waals surface area contributed by atoms with Gasteiger partial charge in [-0.2, -0.15) is 25.3 Å². The fourth-order valence-corrected chi connectivity index (χ4v) is 5.87. The summed E-state index contributed by atoms with van der Waals surface area (Å²) < 4.78 is 97.0. The lowest BCUT2D eigenvalue weighted by Crippen LogP contribution is -2.46. The number of aromatic hydroxyl groups is 3. The molecule has 3 aromatic rings. The lowest BCUT2D eigenvalue weighted by Gasteiger charge is -2.31. The molecule has 0 amide bonds. The zero-order valence-corrected chi connectivity index (χ0v) is 25.7. The van der Waals surface area contributed by atoms with Gasteiger partial charge in [-0.05, 0) is 54.6 Å². The van der Waals surface area contributed by atoms with Gasteiger partial charge in [-0.25, -0.2) is 0 Å². The highest BCUT2D eigenvalue weighted by atomic mass is 32.2. The Morgan fingerprint density at radius 2 is 0.773 bits per heavy atom. The molecule has 0 atom stereocenters. The Morgan fingerprint density at radius 3 is 1.00 bits per heavy atom. The van der Waals surface area contributed by atoms with Crippen molar-refractivity contribution >= 4 is 30.4 Å². The van der Waals surface area contributed by atoms with E-state index in [0.717, 1.165) is 54.6 Å². The number of benzene rings is 3. The van der Waals surface area contributed by atoms with Gasteiger partial charge in [0.15, 0.2) is 0 Å². The summed E-state index contributed by atoms with van der Waals surface area (Å²) in [5.74, 6) is -0.649. The van der Waals surface area contributed by atoms with Crippen LogP contribution in [0.4, 0.5) is 0 Å². The van der Waals surface area contributed by atoms with Gasteiger partial charge < -0.3 is 31.3 Å². The highest BCUT2D eigenvalue weighted by Gasteiger charge is 2.25. The second kappa shape index (κ2) is 13.8. The molecule has 0 aliphatic rings. The molecule has 0 heterocycles. The van der Waals surface area contributed by atoms with Gasteiger partial charge in [-0.15, -0.1) is 0 Å². The summed E-state index contributed by atoms with van der Waals surface area (Å²) in [5, 5.41) is 39.8. The molecule has 0 aromatic heterocycles. The Morgan fingerprint density at radius 1 is 0.523 bits per heavy atom. The van der Waals surface area contributed by atoms with Gasteiger partial charge in [0.1, 0.15) is 17.2 Å². The number of phenolic OH excluding ortho intramolecular Hbond substituents is 3. The SMILES string of the molecule is CC(CNCc1cc(S(=O)(=O)O)ccc1O)(CNCc1cc(S(=O)(=O)O)ccc1O)CNCc1cc(S(=O)(=O)O)ccc1O. The van der Waals surface area contributed by atoms with Crippen molar-refractivity contribution in [3.8, 4) is 17.2 Å². The summed E-state index contributed by atoms with van der Waals surface area (Å²) in [4.78, 5) is -1.22. The zero-order chi connectivity index (χ0) is 32.9. The van der Waals surface area contributed by atoms with Crippen LogP contribution in [0.3, 0.4) is 0 Å². The number of hydrogen-bond donors (Lipinski definition) is 9. The van der Waals surface area contributed by atoms with E-state index in [0.29, 0.717) is 0 Å². The molecule has 9 N–H and O–H groups in total. The molecule has 0 aliphatic heterocycles. The van der Waals surface area contributed by atoms with Crippen molar-refractivity contribution in [2.75, 3.05) is 19.6 Å². The molecule has 0 aliphatic carbocycles. The summed E-state index contributed by atoms with van der Waals surface area (Å²) >= 11 is 0. The molecule has 3 aromatic carbocycles. The lowest BCUT2D eigenvalue weighted by atomic mass is 9.89. The first kappa shape index (κ1) is 35.2. The van der Waals surface area contributed by atoms with Gasteiger partial charge in [0.25, 0.3) is 30.4 Å². The molecule has 18 heteroatoms. The third-order valence-electron chi connectivity index (χ3n) is 6.65. The smallest absolute Gasteiger partial charge is 0.294 e. The Labute approximate surface area is 254 Å². The first-order chi connectivity index (χ1) is 20.3. The van der Waals surface area contributed by atoms with E-state index in [4.69, 9.17) is 0 Å². The van der Waals surface area contributed by atoms with Crippen molar-refractivity contribution in [2.45, 2.75) is 41.2 Å². The standard InChI is InChI=1S/C26H33N3O12S3/c1-26(14-27-11-17-8-20(42(33,34)35)2-5-23(17)30,15-28-12-18-9-21(43(36,37)38)3-6-24(18)31)16-29-13-19-10-22(44(39,40)41)4-7-25(19)32/h2-10,27-32H,11-16H2,1H3,(H,33,34,35)(H,36,37,38)(H,39,40,41). The van der Waals surface area contributed by atoms with E-state index in [1.165, 1.54) is 0 Å². The third kappa shape index (κ3) is 9.84. The summed E-state index contributed by atoms with van der Waals surface area (Å²) in [5.41, 5.74) is -0.171. The molecular formula is C26H33N3O12S3. The monoisotopic (exact) mass is 675 g/mol. The van der Waals surface area contributed by atoms with Crippen LogP contribution in [0.15, 0.2) is 69.3 Å². The molecule has 0 radical (unpaired) electrons.